The van der Waals surface area contributed by atoms with Crippen LogP contribution in [0.2, 0.25) is 0 Å². The van der Waals surface area contributed by atoms with Crippen molar-refractivity contribution in [1.29, 1.82) is 0 Å². The second-order valence-electron chi connectivity index (χ2n) is 2.45. The molecule has 0 aliphatic heterocycles. The van der Waals surface area contributed by atoms with Crippen LogP contribution >= 0.6 is 0 Å². The Morgan fingerprint density at radius 3 is 2.92 bits per heavy atom. The van der Waals surface area contributed by atoms with E-state index >= 15 is 0 Å². The molecular weight excluding hydrogens is 172 g/mol. The van der Waals surface area contributed by atoms with Crippen LogP contribution in [0.3, 0.4) is 0 Å². The van der Waals surface area contributed by atoms with Gasteiger partial charge in [0.1, 0.15) is 0 Å². The largest absolute Gasteiger partial charge is 0.469 e. The number of carbonyl (C=O) groups is 1. The van der Waals surface area contributed by atoms with E-state index in [9.17, 15) is 4.79 Å². The maximum Gasteiger partial charge on any atom is 0.309 e. The van der Waals surface area contributed by atoms with Crippen molar-refractivity contribution < 1.29 is 9.53 Å². The summed E-state index contributed by atoms with van der Waals surface area (Å²) >= 11 is 3.37. The van der Waals surface area contributed by atoms with Crippen molar-refractivity contribution in [1.82, 2.24) is 0 Å². The van der Waals surface area contributed by atoms with E-state index in [1.807, 2.05) is 24.3 Å². The van der Waals surface area contributed by atoms with Crippen LogP contribution in [0.4, 0.5) is 0 Å². The Hall–Kier alpha value is -0.960. The zero-order chi connectivity index (χ0) is 8.97. The number of carbonyl (C=O) groups excluding carboxylic acids is 1. The molecule has 0 saturated carbocycles. The molecule has 0 heterocycles. The lowest BCUT2D eigenvalue weighted by molar-refractivity contribution is -0.139. The van der Waals surface area contributed by atoms with Gasteiger partial charge in [-0.2, -0.15) is 0 Å². The smallest absolute Gasteiger partial charge is 0.309 e. The summed E-state index contributed by atoms with van der Waals surface area (Å²) in [5.74, 6) is -0.215. The summed E-state index contributed by atoms with van der Waals surface area (Å²) in [6, 6.07) is 7.59. The summed E-state index contributed by atoms with van der Waals surface area (Å²) in [7, 11) is 1.39. The number of methoxy groups -OCH3 is 1. The van der Waals surface area contributed by atoms with Gasteiger partial charge in [0, 0.05) is 0 Å². The molecule has 1 aromatic carbocycles. The molecule has 12 heavy (non-hydrogen) atoms. The van der Waals surface area contributed by atoms with Gasteiger partial charge < -0.3 is 4.74 Å². The van der Waals surface area contributed by atoms with E-state index < -0.39 is 0 Å². The van der Waals surface area contributed by atoms with Gasteiger partial charge in [-0.25, -0.2) is 0 Å². The number of ether oxygens (including phenoxy) is 1. The third-order valence-corrected chi connectivity index (χ3v) is 1.81. The minimum Gasteiger partial charge on any atom is -0.469 e. The fraction of sp³-hybridized carbons (Fsp3) is 0.222. The molecule has 0 fully saturated rings. The maximum atomic E-state index is 10.9. The number of esters is 1. The highest BCUT2D eigenvalue weighted by molar-refractivity contribution is 7.58. The van der Waals surface area contributed by atoms with Crippen LogP contribution in [-0.4, -0.2) is 13.1 Å². The van der Waals surface area contributed by atoms with Gasteiger partial charge in [-0.1, -0.05) is 12.1 Å². The van der Waals surface area contributed by atoms with Crippen molar-refractivity contribution in [3.05, 3.63) is 29.8 Å². The first-order valence-corrected chi connectivity index (χ1v) is 4.09. The third kappa shape index (κ3) is 2.58. The van der Waals surface area contributed by atoms with Gasteiger partial charge >= 0.3 is 5.97 Å². The van der Waals surface area contributed by atoms with E-state index in [-0.39, 0.29) is 5.97 Å². The molecule has 0 aliphatic carbocycles. The Balaban J connectivity index is 2.69. The molecule has 3 heteroatoms. The first-order chi connectivity index (χ1) is 5.72. The lowest BCUT2D eigenvalue weighted by Crippen LogP contribution is -2.04. The van der Waals surface area contributed by atoms with E-state index in [1.165, 1.54) is 7.11 Å². The number of rotatable bonds is 2. The van der Waals surface area contributed by atoms with Crippen molar-refractivity contribution in [2.24, 2.45) is 0 Å². The Morgan fingerprint density at radius 2 is 2.33 bits per heavy atom. The van der Waals surface area contributed by atoms with Crippen molar-refractivity contribution >= 4 is 18.6 Å². The molecule has 2 nitrogen and oxygen atoms in total. The monoisotopic (exact) mass is 183 g/mol. The Morgan fingerprint density at radius 1 is 1.58 bits per heavy atom. The highest BCUT2D eigenvalue weighted by atomic mass is 32.1. The quantitative estimate of drug-likeness (QED) is 0.500. The van der Waals surface area contributed by atoms with Crippen LogP contribution in [0.25, 0.3) is 0 Å². The zero-order valence-electron chi connectivity index (χ0n) is 6.83. The van der Waals surface area contributed by atoms with Crippen molar-refractivity contribution in [2.45, 2.75) is 11.3 Å². The van der Waals surface area contributed by atoms with Crippen LogP contribution in [0.15, 0.2) is 29.2 Å². The van der Waals surface area contributed by atoms with Crippen LogP contribution in [0.5, 0.6) is 0 Å². The lowest BCUT2D eigenvalue weighted by Gasteiger charge is -1.98. The minimum atomic E-state index is -0.215. The van der Waals surface area contributed by atoms with Gasteiger partial charge in [0.05, 0.1) is 13.5 Å². The SMILES string of the molecule is COC(=O)Cc1cccc([SH2+])c1. The summed E-state index contributed by atoms with van der Waals surface area (Å²) in [6.07, 6.45) is 0.328. The van der Waals surface area contributed by atoms with E-state index in [1.54, 1.807) is 0 Å². The summed E-state index contributed by atoms with van der Waals surface area (Å²) in [5.41, 5.74) is 0.953. The standard InChI is InChI=1S/C9H10O2S/c1-11-9(10)6-7-3-2-4-8(12)5-7/h2-5,12H,6H2,1H3/p+1. The molecule has 0 saturated heterocycles. The van der Waals surface area contributed by atoms with Crippen molar-refractivity contribution in [3.63, 3.8) is 0 Å². The van der Waals surface area contributed by atoms with Gasteiger partial charge in [-0.15, -0.1) is 0 Å². The predicted octanol–water partition coefficient (Wildman–Crippen LogP) is 0.772. The first kappa shape index (κ1) is 9.13. The predicted molar refractivity (Wildman–Crippen MR) is 50.6 cm³/mol. The Labute approximate surface area is 77.0 Å². The fourth-order valence-corrected chi connectivity index (χ4v) is 1.20. The second kappa shape index (κ2) is 4.16. The van der Waals surface area contributed by atoms with Gasteiger partial charge in [0.15, 0.2) is 4.90 Å². The van der Waals surface area contributed by atoms with E-state index in [0.29, 0.717) is 6.42 Å². The van der Waals surface area contributed by atoms with E-state index in [2.05, 4.69) is 17.4 Å². The van der Waals surface area contributed by atoms with E-state index in [4.69, 9.17) is 0 Å². The molecular formula is C9H11O2S+. The fourth-order valence-electron chi connectivity index (χ4n) is 0.920. The highest BCUT2D eigenvalue weighted by Crippen LogP contribution is 2.05. The van der Waals surface area contributed by atoms with Gasteiger partial charge in [0.25, 0.3) is 0 Å². The highest BCUT2D eigenvalue weighted by Gasteiger charge is 2.03. The molecule has 0 aliphatic rings. The molecule has 0 amide bonds. The Bertz CT molecular complexity index is 284. The van der Waals surface area contributed by atoms with Crippen molar-refractivity contribution in [3.8, 4) is 0 Å². The summed E-state index contributed by atoms with van der Waals surface area (Å²) < 4.78 is 4.54. The molecule has 0 bridgehead atoms. The average molecular weight is 183 g/mol. The Kier molecular flexibility index (Phi) is 3.17. The normalized spacial score (nSPS) is 9.50. The molecule has 1 rings (SSSR count). The number of hydrogen-bond acceptors (Lipinski definition) is 2. The van der Waals surface area contributed by atoms with Gasteiger partial charge in [-0.3, -0.25) is 4.79 Å². The summed E-state index contributed by atoms with van der Waals surface area (Å²) in [6.45, 7) is 0. The maximum absolute atomic E-state index is 10.9. The second-order valence-corrected chi connectivity index (χ2v) is 3.03. The summed E-state index contributed by atoms with van der Waals surface area (Å²) in [4.78, 5) is 11.8. The van der Waals surface area contributed by atoms with Crippen LogP contribution in [-0.2, 0) is 28.6 Å². The van der Waals surface area contributed by atoms with Gasteiger partial charge in [-0.05, 0) is 30.3 Å². The number of benzene rings is 1. The minimum absolute atomic E-state index is 0.215. The average Bonchev–Trinajstić information content (AvgIpc) is 2.04. The molecule has 0 spiro atoms. The topological polar surface area (TPSA) is 26.3 Å². The van der Waals surface area contributed by atoms with E-state index in [0.717, 1.165) is 10.5 Å². The lowest BCUT2D eigenvalue weighted by atomic mass is 10.1. The molecule has 64 valence electrons. The van der Waals surface area contributed by atoms with Crippen LogP contribution in [0, 0.1) is 0 Å². The molecule has 0 unspecified atom stereocenters. The third-order valence-electron chi connectivity index (χ3n) is 1.50. The molecule has 0 radical (unpaired) electrons. The molecule has 1 aromatic rings. The first-order valence-electron chi connectivity index (χ1n) is 3.59. The zero-order valence-corrected chi connectivity index (χ0v) is 7.83. The van der Waals surface area contributed by atoms with Gasteiger partial charge in [0.2, 0.25) is 0 Å². The van der Waals surface area contributed by atoms with Crippen molar-refractivity contribution in [2.75, 3.05) is 7.11 Å². The molecule has 0 N–H and O–H groups in total. The van der Waals surface area contributed by atoms with Crippen LogP contribution < -0.4 is 0 Å². The van der Waals surface area contributed by atoms with Crippen LogP contribution in [0.1, 0.15) is 5.56 Å². The number of hydrogen-bond donors (Lipinski definition) is 0. The molecule has 0 atom stereocenters. The molecule has 0 aromatic heterocycles. The summed E-state index contributed by atoms with van der Waals surface area (Å²) in [5, 5.41) is 0.